The molecule has 43 heavy (non-hydrogen) atoms. The zero-order valence-corrected chi connectivity index (χ0v) is 24.3. The van der Waals surface area contributed by atoms with Gasteiger partial charge in [0.1, 0.15) is 37.1 Å². The van der Waals surface area contributed by atoms with Crippen LogP contribution in [0.25, 0.3) is 0 Å². The monoisotopic (exact) mass is 663 g/mol. The number of aromatic nitrogens is 2. The van der Waals surface area contributed by atoms with E-state index in [0.717, 1.165) is 12.3 Å². The molecule has 2 aliphatic rings. The Labute approximate surface area is 242 Å². The molecule has 0 spiro atoms. The highest BCUT2D eigenvalue weighted by Gasteiger charge is 2.46. The molecule has 6 N–H and O–H groups in total. The lowest BCUT2D eigenvalue weighted by Crippen LogP contribution is -2.57. The van der Waals surface area contributed by atoms with E-state index in [1.807, 2.05) is 4.98 Å². The Kier molecular flexibility index (Phi) is 12.2. The molecule has 5 unspecified atom stereocenters. The molecule has 2 fully saturated rings. The number of H-pyrrole nitrogens is 1. The van der Waals surface area contributed by atoms with E-state index in [4.69, 9.17) is 18.9 Å². The minimum Gasteiger partial charge on any atom is -0.756 e. The fourth-order valence-corrected chi connectivity index (χ4v) is 6.14. The summed E-state index contributed by atoms with van der Waals surface area (Å²) in [5.74, 6) is -1.26. The van der Waals surface area contributed by atoms with Gasteiger partial charge >= 0.3 is 11.8 Å². The molecule has 11 atom stereocenters. The smallest absolute Gasteiger partial charge is 0.407 e. The van der Waals surface area contributed by atoms with E-state index in [2.05, 4.69) is 18.7 Å². The van der Waals surface area contributed by atoms with Gasteiger partial charge in [-0.3, -0.25) is 28.0 Å². The van der Waals surface area contributed by atoms with Crippen LogP contribution >= 0.6 is 15.6 Å². The average molecular weight is 663 g/mol. The first kappa shape index (κ1) is 35.4. The first-order valence-electron chi connectivity index (χ1n) is 12.5. The highest BCUT2D eigenvalue weighted by molar-refractivity contribution is 7.59. The van der Waals surface area contributed by atoms with Crippen molar-refractivity contribution in [2.75, 3.05) is 33.5 Å². The fourth-order valence-electron chi connectivity index (χ4n) is 3.99. The van der Waals surface area contributed by atoms with Crippen molar-refractivity contribution in [1.82, 2.24) is 14.9 Å². The maximum absolute atomic E-state index is 12.4. The Balaban J connectivity index is 1.57. The van der Waals surface area contributed by atoms with Gasteiger partial charge in [0.25, 0.3) is 21.2 Å². The molecule has 3 rings (SSSR count). The summed E-state index contributed by atoms with van der Waals surface area (Å²) in [6.45, 7) is -0.363. The van der Waals surface area contributed by atoms with E-state index in [1.165, 1.54) is 14.0 Å². The van der Waals surface area contributed by atoms with Crippen molar-refractivity contribution >= 4 is 21.7 Å². The molecule has 1 aromatic rings. The second-order valence-electron chi connectivity index (χ2n) is 9.33. The van der Waals surface area contributed by atoms with Crippen molar-refractivity contribution in [2.24, 2.45) is 5.92 Å². The van der Waals surface area contributed by atoms with Crippen molar-refractivity contribution in [2.45, 2.75) is 56.1 Å². The summed E-state index contributed by atoms with van der Waals surface area (Å²) in [5.41, 5.74) is -1.77. The zero-order chi connectivity index (χ0) is 32.1. The first-order chi connectivity index (χ1) is 20.0. The van der Waals surface area contributed by atoms with Gasteiger partial charge in [-0.1, -0.05) is 6.92 Å². The third-order valence-electron chi connectivity index (χ3n) is 6.27. The number of hydrogen-bond donors (Lipinski definition) is 6. The average Bonchev–Trinajstić information content (AvgIpc) is 3.19. The number of nitrogens with one attached hydrogen (secondary N) is 2. The number of methoxy groups -OCH3 is 1. The van der Waals surface area contributed by atoms with E-state index in [9.17, 15) is 53.7 Å². The highest BCUT2D eigenvalue weighted by atomic mass is 31.3. The molecule has 21 nitrogen and oxygen atoms in total. The number of phosphoric ester groups is 2. The molecule has 0 bridgehead atoms. The number of amides is 1. The largest absolute Gasteiger partial charge is 0.756 e. The van der Waals surface area contributed by atoms with E-state index in [1.54, 1.807) is 0 Å². The number of carbonyl (C=O) groups is 1. The van der Waals surface area contributed by atoms with Crippen molar-refractivity contribution in [3.8, 4) is 0 Å². The zero-order valence-electron chi connectivity index (χ0n) is 22.5. The Morgan fingerprint density at radius 1 is 1.05 bits per heavy atom. The van der Waals surface area contributed by atoms with Gasteiger partial charge in [0.05, 0.1) is 19.3 Å². The molecule has 2 saturated heterocycles. The Hall–Kier alpha value is -2.07. The predicted octanol–water partition coefficient (Wildman–Crippen LogP) is -4.40. The highest BCUT2D eigenvalue weighted by Crippen LogP contribution is 2.57. The van der Waals surface area contributed by atoms with Crippen LogP contribution in [-0.4, -0.2) is 112 Å². The lowest BCUT2D eigenvalue weighted by molar-refractivity contribution is -0.288. The summed E-state index contributed by atoms with van der Waals surface area (Å²) in [5, 5.41) is 43.2. The number of carbonyl (C=O) groups excluding carboxylic acids is 1. The molecule has 3 heterocycles. The molecular formula is C20H31N3O18P2-2. The van der Waals surface area contributed by atoms with Crippen LogP contribution < -0.4 is 26.4 Å². The number of aliphatic hydroxyl groups excluding tert-OH is 4. The van der Waals surface area contributed by atoms with E-state index >= 15 is 0 Å². The molecular weight excluding hydrogens is 632 g/mol. The number of aliphatic hydroxyl groups is 4. The van der Waals surface area contributed by atoms with Crippen LogP contribution in [0.3, 0.4) is 0 Å². The number of hydrogen-bond acceptors (Lipinski definition) is 18. The van der Waals surface area contributed by atoms with Crippen molar-refractivity contribution in [1.29, 1.82) is 0 Å². The normalized spacial score (nSPS) is 33.8. The van der Waals surface area contributed by atoms with Crippen molar-refractivity contribution in [3.05, 3.63) is 33.1 Å². The molecule has 0 radical (unpaired) electrons. The minimum atomic E-state index is -5.84. The SMILES string of the molecule is COCCOC(=O)NCC1O[C@H](OP(=O)([O-])OP(=O)([O-])OC[C@H]2O[C@@H](n3ccc(=O)[nH]c3=O)C(O)[C@H]2O)C(C)[C@@H](O)[C@@H]1O. The van der Waals surface area contributed by atoms with Crippen LogP contribution in [0.4, 0.5) is 4.79 Å². The summed E-state index contributed by atoms with van der Waals surface area (Å²) in [6, 6.07) is 0.923. The molecule has 2 aliphatic heterocycles. The number of alkyl carbamates (subject to hydrolysis) is 1. The predicted molar refractivity (Wildman–Crippen MR) is 132 cm³/mol. The van der Waals surface area contributed by atoms with Crippen molar-refractivity contribution in [3.63, 3.8) is 0 Å². The van der Waals surface area contributed by atoms with E-state index < -0.39 is 101 Å². The number of rotatable bonds is 13. The summed E-state index contributed by atoms with van der Waals surface area (Å²) >= 11 is 0. The third-order valence-corrected chi connectivity index (χ3v) is 8.80. The van der Waals surface area contributed by atoms with Gasteiger partial charge in [-0.2, -0.15) is 0 Å². The van der Waals surface area contributed by atoms with Crippen LogP contribution in [0.5, 0.6) is 0 Å². The fraction of sp³-hybridized carbons (Fsp3) is 0.750. The van der Waals surface area contributed by atoms with Crippen LogP contribution in [0.2, 0.25) is 0 Å². The summed E-state index contributed by atoms with van der Waals surface area (Å²) in [4.78, 5) is 61.5. The van der Waals surface area contributed by atoms with Crippen molar-refractivity contribution < 1.29 is 76.4 Å². The molecule has 23 heteroatoms. The lowest BCUT2D eigenvalue weighted by atomic mass is 9.92. The van der Waals surface area contributed by atoms with Gasteiger partial charge in [0.2, 0.25) is 0 Å². The van der Waals surface area contributed by atoms with Gasteiger partial charge in [-0.15, -0.1) is 0 Å². The van der Waals surface area contributed by atoms with E-state index in [-0.39, 0.29) is 13.2 Å². The Morgan fingerprint density at radius 2 is 1.72 bits per heavy atom. The maximum atomic E-state index is 12.4. The standard InChI is InChI=1S/C20H33N3O18P2/c1-9-13(25)14(26)10(7-21-20(30)36-6-5-35-2)39-18(9)40-43(33,34)41-42(31,32)37-8-11-15(27)16(28)17(38-11)23-4-3-12(24)22-19(23)29/h3-4,9-11,13-18,25-28H,5-8H2,1-2H3,(H,21,30)(H,31,32)(H,33,34)(H,22,24,29)/p-2/t9?,10?,11-,13-,14-,15+,16?,17-,18-/m1/s1. The molecule has 0 saturated carbocycles. The van der Waals surface area contributed by atoms with Gasteiger partial charge in [0, 0.05) is 31.8 Å². The second-order valence-corrected chi connectivity index (χ2v) is 12.2. The molecule has 0 aromatic carbocycles. The van der Waals surface area contributed by atoms with Gasteiger partial charge in [0.15, 0.2) is 12.5 Å². The van der Waals surface area contributed by atoms with Crippen LogP contribution in [0.15, 0.2) is 21.9 Å². The second kappa shape index (κ2) is 14.8. The lowest BCUT2D eigenvalue weighted by Gasteiger charge is -2.43. The maximum Gasteiger partial charge on any atom is 0.407 e. The number of aromatic amines is 1. The summed E-state index contributed by atoms with van der Waals surface area (Å²) in [7, 11) is -10.2. The van der Waals surface area contributed by atoms with Gasteiger partial charge in [-0.25, -0.2) is 13.9 Å². The minimum absolute atomic E-state index is 0.0993. The third kappa shape index (κ3) is 9.46. The van der Waals surface area contributed by atoms with Crippen LogP contribution in [0, 0.1) is 5.92 Å². The number of nitrogens with zero attached hydrogens (tertiary/aromatic N) is 1. The topological polar surface area (TPSA) is 310 Å². The summed E-state index contributed by atoms with van der Waals surface area (Å²) in [6.07, 6.45) is -13.4. The van der Waals surface area contributed by atoms with Crippen LogP contribution in [0.1, 0.15) is 13.2 Å². The Bertz CT molecular complexity index is 1310. The van der Waals surface area contributed by atoms with Gasteiger partial charge in [-0.05, 0) is 0 Å². The van der Waals surface area contributed by atoms with Crippen LogP contribution in [-0.2, 0) is 41.4 Å². The van der Waals surface area contributed by atoms with E-state index in [0.29, 0.717) is 4.57 Å². The molecule has 0 aliphatic carbocycles. The number of phosphoric acid groups is 2. The molecule has 1 amide bonds. The quantitative estimate of drug-likeness (QED) is 0.0857. The Morgan fingerprint density at radius 3 is 2.37 bits per heavy atom. The molecule has 1 aromatic heterocycles. The molecule has 246 valence electrons. The first-order valence-corrected chi connectivity index (χ1v) is 15.4. The number of ether oxygens (including phenoxy) is 4. The van der Waals surface area contributed by atoms with Gasteiger partial charge < -0.3 is 59.0 Å². The summed E-state index contributed by atoms with van der Waals surface area (Å²) < 4.78 is 58.6.